The molecule has 0 aromatic heterocycles. The predicted octanol–water partition coefficient (Wildman–Crippen LogP) is 4.37. The largest absolute Gasteiger partial charge is 0.312 e. The maximum atomic E-state index is 3.67. The summed E-state index contributed by atoms with van der Waals surface area (Å²) in [7, 11) is 0. The van der Waals surface area contributed by atoms with Gasteiger partial charge in [0.15, 0.2) is 0 Å². The van der Waals surface area contributed by atoms with Crippen molar-refractivity contribution in [2.75, 3.05) is 6.54 Å². The second-order valence-electron chi connectivity index (χ2n) is 5.94. The maximum Gasteiger partial charge on any atom is 0.0211 e. The van der Waals surface area contributed by atoms with Gasteiger partial charge in [-0.15, -0.1) is 0 Å². The van der Waals surface area contributed by atoms with Crippen LogP contribution in [0.4, 0.5) is 0 Å². The second-order valence-corrected chi connectivity index (χ2v) is 5.94. The van der Waals surface area contributed by atoms with Gasteiger partial charge in [-0.1, -0.05) is 62.2 Å². The smallest absolute Gasteiger partial charge is 0.0211 e. The average molecular weight is 253 g/mol. The molecular formula is C18H23N. The lowest BCUT2D eigenvalue weighted by molar-refractivity contribution is 0.392. The van der Waals surface area contributed by atoms with Crippen LogP contribution in [0.1, 0.15) is 31.7 Å². The van der Waals surface area contributed by atoms with Crippen molar-refractivity contribution in [1.29, 1.82) is 0 Å². The minimum atomic E-state index is 0.884. The molecule has 1 heteroatoms. The van der Waals surface area contributed by atoms with E-state index in [9.17, 15) is 0 Å². The zero-order chi connectivity index (χ0) is 13.1. The summed E-state index contributed by atoms with van der Waals surface area (Å²) in [5.74, 6) is 1.79. The van der Waals surface area contributed by atoms with Gasteiger partial charge in [0.25, 0.3) is 0 Å². The van der Waals surface area contributed by atoms with E-state index in [0.717, 1.165) is 18.4 Å². The fourth-order valence-corrected chi connectivity index (χ4v) is 3.36. The number of nitrogens with one attached hydrogen (secondary N) is 1. The maximum absolute atomic E-state index is 3.67. The summed E-state index contributed by atoms with van der Waals surface area (Å²) in [6.07, 6.45) is 4.24. The molecule has 1 N–H and O–H groups in total. The Balaban J connectivity index is 1.65. The van der Waals surface area contributed by atoms with Gasteiger partial charge in [-0.3, -0.25) is 0 Å². The van der Waals surface area contributed by atoms with E-state index in [-0.39, 0.29) is 0 Å². The number of benzene rings is 2. The first kappa shape index (κ1) is 12.7. The molecule has 2 atom stereocenters. The summed E-state index contributed by atoms with van der Waals surface area (Å²) in [5.41, 5.74) is 1.42. The Hall–Kier alpha value is -1.34. The van der Waals surface area contributed by atoms with Crippen molar-refractivity contribution in [3.05, 3.63) is 48.0 Å². The van der Waals surface area contributed by atoms with Crippen LogP contribution in [-0.2, 0) is 6.54 Å². The summed E-state index contributed by atoms with van der Waals surface area (Å²) in [4.78, 5) is 0. The Bertz CT molecular complexity index is 541. The molecule has 0 amide bonds. The Labute approximate surface area is 116 Å². The molecule has 1 aliphatic rings. The first-order valence-electron chi connectivity index (χ1n) is 7.52. The third-order valence-electron chi connectivity index (χ3n) is 4.64. The molecule has 100 valence electrons. The summed E-state index contributed by atoms with van der Waals surface area (Å²) in [6, 6.07) is 15.3. The second kappa shape index (κ2) is 5.75. The summed E-state index contributed by atoms with van der Waals surface area (Å²) >= 11 is 0. The molecule has 1 saturated carbocycles. The molecule has 2 aromatic carbocycles. The van der Waals surface area contributed by atoms with E-state index in [4.69, 9.17) is 0 Å². The minimum Gasteiger partial charge on any atom is -0.312 e. The van der Waals surface area contributed by atoms with E-state index in [1.807, 2.05) is 0 Å². The molecule has 19 heavy (non-hydrogen) atoms. The van der Waals surface area contributed by atoms with Gasteiger partial charge in [-0.25, -0.2) is 0 Å². The molecule has 0 aliphatic heterocycles. The number of fused-ring (bicyclic) bond motifs is 1. The van der Waals surface area contributed by atoms with Crippen LogP contribution in [0.25, 0.3) is 10.8 Å². The number of hydrogen-bond acceptors (Lipinski definition) is 1. The lowest BCUT2D eigenvalue weighted by Gasteiger charge is -2.16. The third-order valence-corrected chi connectivity index (χ3v) is 4.64. The van der Waals surface area contributed by atoms with Crippen LogP contribution in [0.2, 0.25) is 0 Å². The molecule has 2 aromatic rings. The molecule has 0 heterocycles. The standard InChI is InChI=1S/C18H23N/c1-14-6-4-9-16(14)12-19-13-17-10-5-8-15-7-2-3-11-18(15)17/h2-3,5,7-8,10-11,14,16,19H,4,6,9,12-13H2,1H3. The van der Waals surface area contributed by atoms with Gasteiger partial charge in [0.1, 0.15) is 0 Å². The van der Waals surface area contributed by atoms with Crippen LogP contribution < -0.4 is 5.32 Å². The lowest BCUT2D eigenvalue weighted by atomic mass is 9.98. The minimum absolute atomic E-state index is 0.884. The van der Waals surface area contributed by atoms with Gasteiger partial charge in [-0.2, -0.15) is 0 Å². The van der Waals surface area contributed by atoms with E-state index in [0.29, 0.717) is 0 Å². The van der Waals surface area contributed by atoms with Crippen molar-refractivity contribution < 1.29 is 0 Å². The third kappa shape index (κ3) is 2.82. The molecule has 1 fully saturated rings. The van der Waals surface area contributed by atoms with Gasteiger partial charge in [0.05, 0.1) is 0 Å². The number of rotatable bonds is 4. The Kier molecular flexibility index (Phi) is 3.84. The highest BCUT2D eigenvalue weighted by molar-refractivity contribution is 5.85. The summed E-state index contributed by atoms with van der Waals surface area (Å²) in [6.45, 7) is 4.56. The van der Waals surface area contributed by atoms with Gasteiger partial charge >= 0.3 is 0 Å². The van der Waals surface area contributed by atoms with Crippen molar-refractivity contribution >= 4 is 10.8 Å². The molecule has 2 unspecified atom stereocenters. The Morgan fingerprint density at radius 1 is 1.05 bits per heavy atom. The van der Waals surface area contributed by atoms with E-state index in [1.165, 1.54) is 42.1 Å². The van der Waals surface area contributed by atoms with Crippen LogP contribution in [0, 0.1) is 11.8 Å². The van der Waals surface area contributed by atoms with Crippen molar-refractivity contribution in [3.8, 4) is 0 Å². The van der Waals surface area contributed by atoms with Crippen LogP contribution in [0.3, 0.4) is 0 Å². The molecule has 0 radical (unpaired) electrons. The Morgan fingerprint density at radius 3 is 2.74 bits per heavy atom. The van der Waals surface area contributed by atoms with Gasteiger partial charge in [0.2, 0.25) is 0 Å². The molecular weight excluding hydrogens is 230 g/mol. The molecule has 0 bridgehead atoms. The van der Waals surface area contributed by atoms with E-state index in [2.05, 4.69) is 54.7 Å². The van der Waals surface area contributed by atoms with Crippen molar-refractivity contribution in [2.24, 2.45) is 11.8 Å². The van der Waals surface area contributed by atoms with Crippen molar-refractivity contribution in [3.63, 3.8) is 0 Å². The quantitative estimate of drug-likeness (QED) is 0.853. The molecule has 0 saturated heterocycles. The van der Waals surface area contributed by atoms with Crippen LogP contribution >= 0.6 is 0 Å². The van der Waals surface area contributed by atoms with E-state index < -0.39 is 0 Å². The first-order valence-corrected chi connectivity index (χ1v) is 7.52. The zero-order valence-electron chi connectivity index (χ0n) is 11.7. The predicted molar refractivity (Wildman–Crippen MR) is 82.2 cm³/mol. The monoisotopic (exact) mass is 253 g/mol. The van der Waals surface area contributed by atoms with Crippen LogP contribution in [-0.4, -0.2) is 6.54 Å². The molecule has 1 aliphatic carbocycles. The van der Waals surface area contributed by atoms with E-state index in [1.54, 1.807) is 0 Å². The van der Waals surface area contributed by atoms with Gasteiger partial charge in [-0.05, 0) is 41.1 Å². The fraction of sp³-hybridized carbons (Fsp3) is 0.444. The normalized spacial score (nSPS) is 23.0. The SMILES string of the molecule is CC1CCCC1CNCc1cccc2ccccc12. The Morgan fingerprint density at radius 2 is 1.89 bits per heavy atom. The van der Waals surface area contributed by atoms with Crippen molar-refractivity contribution in [1.82, 2.24) is 5.32 Å². The van der Waals surface area contributed by atoms with E-state index >= 15 is 0 Å². The molecule has 3 rings (SSSR count). The van der Waals surface area contributed by atoms with Crippen molar-refractivity contribution in [2.45, 2.75) is 32.7 Å². The average Bonchev–Trinajstić information content (AvgIpc) is 2.85. The summed E-state index contributed by atoms with van der Waals surface area (Å²) in [5, 5.41) is 6.40. The van der Waals surface area contributed by atoms with Crippen LogP contribution in [0.5, 0.6) is 0 Å². The highest BCUT2D eigenvalue weighted by atomic mass is 14.9. The number of hydrogen-bond donors (Lipinski definition) is 1. The first-order chi connectivity index (χ1) is 9.34. The topological polar surface area (TPSA) is 12.0 Å². The fourth-order valence-electron chi connectivity index (χ4n) is 3.36. The van der Waals surface area contributed by atoms with Gasteiger partial charge < -0.3 is 5.32 Å². The molecule has 1 nitrogen and oxygen atoms in total. The summed E-state index contributed by atoms with van der Waals surface area (Å²) < 4.78 is 0. The zero-order valence-corrected chi connectivity index (χ0v) is 11.7. The molecule has 0 spiro atoms. The highest BCUT2D eigenvalue weighted by Crippen LogP contribution is 2.30. The van der Waals surface area contributed by atoms with Gasteiger partial charge in [0, 0.05) is 6.54 Å². The highest BCUT2D eigenvalue weighted by Gasteiger charge is 2.22. The lowest BCUT2D eigenvalue weighted by Crippen LogP contribution is -2.24. The van der Waals surface area contributed by atoms with Crippen LogP contribution in [0.15, 0.2) is 42.5 Å².